The summed E-state index contributed by atoms with van der Waals surface area (Å²) in [6.45, 7) is 3.90. The fourth-order valence-electron chi connectivity index (χ4n) is 3.38. The van der Waals surface area contributed by atoms with Crippen LogP contribution in [0.15, 0.2) is 18.2 Å². The summed E-state index contributed by atoms with van der Waals surface area (Å²) in [5.74, 6) is 0. The van der Waals surface area contributed by atoms with E-state index in [2.05, 4.69) is 42.4 Å². The number of benzene rings is 1. The lowest BCUT2D eigenvalue weighted by atomic mass is 10.0. The van der Waals surface area contributed by atoms with E-state index >= 15 is 0 Å². The minimum absolute atomic E-state index is 0.477. The predicted octanol–water partition coefficient (Wildman–Crippen LogP) is 2.99. The van der Waals surface area contributed by atoms with Crippen molar-refractivity contribution in [2.45, 2.75) is 63.6 Å². The Labute approximate surface area is 128 Å². The van der Waals surface area contributed by atoms with Crippen molar-refractivity contribution < 1.29 is 5.11 Å². The first-order valence-corrected chi connectivity index (χ1v) is 8.32. The van der Waals surface area contributed by atoms with Gasteiger partial charge in [0.15, 0.2) is 0 Å². The average Bonchev–Trinajstić information content (AvgIpc) is 3.18. The van der Waals surface area contributed by atoms with E-state index < -0.39 is 5.60 Å². The van der Waals surface area contributed by atoms with Gasteiger partial charge in [0.05, 0.1) is 5.60 Å². The van der Waals surface area contributed by atoms with Crippen molar-refractivity contribution in [1.82, 2.24) is 5.32 Å². The van der Waals surface area contributed by atoms with Crippen LogP contribution >= 0.6 is 0 Å². The van der Waals surface area contributed by atoms with Gasteiger partial charge < -0.3 is 15.3 Å². The van der Waals surface area contributed by atoms with Gasteiger partial charge in [0.2, 0.25) is 0 Å². The molecule has 2 aliphatic rings. The maximum Gasteiger partial charge on any atom is 0.0821 e. The lowest BCUT2D eigenvalue weighted by molar-refractivity contribution is 0.0559. The third-order valence-corrected chi connectivity index (χ3v) is 4.99. The second-order valence-corrected chi connectivity index (χ2v) is 7.05. The van der Waals surface area contributed by atoms with Crippen molar-refractivity contribution in [3.05, 3.63) is 29.3 Å². The molecular formula is C18H28N2O. The molecule has 2 fully saturated rings. The lowest BCUT2D eigenvalue weighted by Crippen LogP contribution is -2.39. The molecule has 2 N–H and O–H groups in total. The molecule has 0 unspecified atom stereocenters. The van der Waals surface area contributed by atoms with Crippen LogP contribution in [0.3, 0.4) is 0 Å². The van der Waals surface area contributed by atoms with Crippen molar-refractivity contribution in [1.29, 1.82) is 0 Å². The summed E-state index contributed by atoms with van der Waals surface area (Å²) >= 11 is 0. The fourth-order valence-corrected chi connectivity index (χ4v) is 3.38. The number of rotatable bonds is 6. The number of nitrogens with one attached hydrogen (secondary N) is 1. The molecule has 0 radical (unpaired) electrons. The van der Waals surface area contributed by atoms with Crippen molar-refractivity contribution in [3.63, 3.8) is 0 Å². The molecule has 116 valence electrons. The smallest absolute Gasteiger partial charge is 0.0821 e. The van der Waals surface area contributed by atoms with Crippen LogP contribution in [0.2, 0.25) is 0 Å². The minimum Gasteiger partial charge on any atom is -0.388 e. The first-order chi connectivity index (χ1) is 10.1. The standard InChI is InChI=1S/C18H28N2O/c1-14-11-17(8-5-15(14)12-19-16-6-7-16)20(2)13-18(21)9-3-4-10-18/h5,8,11,16,19,21H,3-4,6-7,9-10,12-13H2,1-2H3. The zero-order valence-electron chi connectivity index (χ0n) is 13.4. The Hall–Kier alpha value is -1.06. The van der Waals surface area contributed by atoms with Crippen LogP contribution in [0.5, 0.6) is 0 Å². The SMILES string of the molecule is Cc1cc(N(C)CC2(O)CCCC2)ccc1CNC1CC1. The molecule has 1 aromatic carbocycles. The average molecular weight is 288 g/mol. The molecule has 0 spiro atoms. The Morgan fingerprint density at radius 3 is 2.62 bits per heavy atom. The van der Waals surface area contributed by atoms with Gasteiger partial charge in [0, 0.05) is 31.9 Å². The van der Waals surface area contributed by atoms with Gasteiger partial charge in [-0.1, -0.05) is 18.9 Å². The van der Waals surface area contributed by atoms with Gasteiger partial charge in [-0.15, -0.1) is 0 Å². The second kappa shape index (κ2) is 5.98. The molecule has 0 aromatic heterocycles. The van der Waals surface area contributed by atoms with Gasteiger partial charge in [-0.3, -0.25) is 0 Å². The first-order valence-electron chi connectivity index (χ1n) is 8.32. The largest absolute Gasteiger partial charge is 0.388 e. The van der Waals surface area contributed by atoms with Crippen LogP contribution in [-0.4, -0.2) is 30.3 Å². The van der Waals surface area contributed by atoms with Crippen molar-refractivity contribution in [2.75, 3.05) is 18.5 Å². The minimum atomic E-state index is -0.477. The first kappa shape index (κ1) is 14.9. The zero-order valence-corrected chi connectivity index (χ0v) is 13.4. The van der Waals surface area contributed by atoms with Crippen LogP contribution < -0.4 is 10.2 Å². The van der Waals surface area contributed by atoms with E-state index in [1.165, 1.54) is 29.7 Å². The van der Waals surface area contributed by atoms with Crippen molar-refractivity contribution >= 4 is 5.69 Å². The summed E-state index contributed by atoms with van der Waals surface area (Å²) in [4.78, 5) is 2.20. The molecule has 0 saturated heterocycles. The van der Waals surface area contributed by atoms with E-state index in [1.807, 2.05) is 0 Å². The normalized spacial score (nSPS) is 20.7. The topological polar surface area (TPSA) is 35.5 Å². The highest BCUT2D eigenvalue weighted by Gasteiger charge is 2.32. The Morgan fingerprint density at radius 2 is 2.00 bits per heavy atom. The van der Waals surface area contributed by atoms with Gasteiger partial charge in [0.1, 0.15) is 0 Å². The molecule has 1 aromatic rings. The highest BCUT2D eigenvalue weighted by Crippen LogP contribution is 2.31. The molecule has 3 nitrogen and oxygen atoms in total. The molecule has 2 aliphatic carbocycles. The maximum atomic E-state index is 10.5. The van der Waals surface area contributed by atoms with Gasteiger partial charge in [-0.05, 0) is 55.9 Å². The van der Waals surface area contributed by atoms with E-state index in [1.54, 1.807) is 0 Å². The maximum absolute atomic E-state index is 10.5. The Bertz CT molecular complexity index is 490. The molecule has 0 aliphatic heterocycles. The number of hydrogen-bond acceptors (Lipinski definition) is 3. The number of anilines is 1. The molecule has 2 saturated carbocycles. The van der Waals surface area contributed by atoms with E-state index in [4.69, 9.17) is 0 Å². The molecule has 3 heteroatoms. The number of hydrogen-bond donors (Lipinski definition) is 2. The van der Waals surface area contributed by atoms with Crippen molar-refractivity contribution in [2.24, 2.45) is 0 Å². The third-order valence-electron chi connectivity index (χ3n) is 4.99. The Balaban J connectivity index is 1.62. The lowest BCUT2D eigenvalue weighted by Gasteiger charge is -2.30. The molecule has 3 rings (SSSR count). The molecule has 0 heterocycles. The van der Waals surface area contributed by atoms with Gasteiger partial charge >= 0.3 is 0 Å². The van der Waals surface area contributed by atoms with E-state index in [9.17, 15) is 5.11 Å². The second-order valence-electron chi connectivity index (χ2n) is 7.05. The Kier molecular flexibility index (Phi) is 4.23. The summed E-state index contributed by atoms with van der Waals surface area (Å²) in [7, 11) is 2.09. The number of aryl methyl sites for hydroxylation is 1. The highest BCUT2D eigenvalue weighted by molar-refractivity contribution is 5.50. The number of nitrogens with zero attached hydrogens (tertiary/aromatic N) is 1. The molecule has 0 amide bonds. The monoisotopic (exact) mass is 288 g/mol. The van der Waals surface area contributed by atoms with Crippen LogP contribution in [0.25, 0.3) is 0 Å². The van der Waals surface area contributed by atoms with Gasteiger partial charge in [0.25, 0.3) is 0 Å². The van der Waals surface area contributed by atoms with Crippen LogP contribution in [0.1, 0.15) is 49.7 Å². The van der Waals surface area contributed by atoms with E-state index in [0.717, 1.165) is 44.8 Å². The fraction of sp³-hybridized carbons (Fsp3) is 0.667. The van der Waals surface area contributed by atoms with Crippen LogP contribution in [-0.2, 0) is 6.54 Å². The number of aliphatic hydroxyl groups is 1. The van der Waals surface area contributed by atoms with Gasteiger partial charge in [-0.25, -0.2) is 0 Å². The quantitative estimate of drug-likeness (QED) is 0.845. The summed E-state index contributed by atoms with van der Waals surface area (Å²) < 4.78 is 0. The van der Waals surface area contributed by atoms with Crippen molar-refractivity contribution in [3.8, 4) is 0 Å². The van der Waals surface area contributed by atoms with Crippen LogP contribution in [0, 0.1) is 6.92 Å². The molecule has 21 heavy (non-hydrogen) atoms. The zero-order chi connectivity index (χ0) is 14.9. The van der Waals surface area contributed by atoms with Crippen LogP contribution in [0.4, 0.5) is 5.69 Å². The van der Waals surface area contributed by atoms with E-state index in [-0.39, 0.29) is 0 Å². The Morgan fingerprint density at radius 1 is 1.29 bits per heavy atom. The molecular weight excluding hydrogens is 260 g/mol. The number of likely N-dealkylation sites (N-methyl/N-ethyl adjacent to an activating group) is 1. The van der Waals surface area contributed by atoms with E-state index in [0.29, 0.717) is 0 Å². The highest BCUT2D eigenvalue weighted by atomic mass is 16.3. The summed E-state index contributed by atoms with van der Waals surface area (Å²) in [5.41, 5.74) is 3.46. The molecule has 0 bridgehead atoms. The third kappa shape index (κ3) is 3.78. The summed E-state index contributed by atoms with van der Waals surface area (Å²) in [6, 6.07) is 7.43. The predicted molar refractivity (Wildman–Crippen MR) is 87.7 cm³/mol. The molecule has 0 atom stereocenters. The summed E-state index contributed by atoms with van der Waals surface area (Å²) in [6.07, 6.45) is 6.88. The van der Waals surface area contributed by atoms with Gasteiger partial charge in [-0.2, -0.15) is 0 Å². The summed E-state index contributed by atoms with van der Waals surface area (Å²) in [5, 5.41) is 14.1.